The Labute approximate surface area is 82.5 Å². The molecule has 3 N–H and O–H groups in total. The number of pyridine rings is 1. The molecular formula is C10H11N3O. The molecule has 0 atom stereocenters. The second-order valence-corrected chi connectivity index (χ2v) is 2.63. The van der Waals surface area contributed by atoms with Gasteiger partial charge in [0.05, 0.1) is 17.8 Å². The normalized spacial score (nSPS) is 9.14. The number of aromatic nitrogens is 1. The molecule has 4 nitrogen and oxygen atoms in total. The van der Waals surface area contributed by atoms with Gasteiger partial charge in [0.25, 0.3) is 5.91 Å². The molecule has 0 bridgehead atoms. The Kier molecular flexibility index (Phi) is 3.65. The topological polar surface area (TPSA) is 68.0 Å². The van der Waals surface area contributed by atoms with Crippen molar-refractivity contribution in [1.82, 2.24) is 10.3 Å². The van der Waals surface area contributed by atoms with Crippen LogP contribution >= 0.6 is 0 Å². The number of carbonyl (C=O) groups excluding carboxylic acids is 1. The second kappa shape index (κ2) is 5.00. The summed E-state index contributed by atoms with van der Waals surface area (Å²) in [5.41, 5.74) is 6.60. The quantitative estimate of drug-likeness (QED) is 0.652. The van der Waals surface area contributed by atoms with E-state index >= 15 is 0 Å². The number of terminal acetylenes is 1. The molecule has 0 radical (unpaired) electrons. The van der Waals surface area contributed by atoms with Crippen molar-refractivity contribution in [2.75, 3.05) is 6.54 Å². The smallest absolute Gasteiger partial charge is 0.253 e. The van der Waals surface area contributed by atoms with Gasteiger partial charge in [0, 0.05) is 12.7 Å². The first-order valence-corrected chi connectivity index (χ1v) is 4.14. The van der Waals surface area contributed by atoms with Gasteiger partial charge in [-0.1, -0.05) is 5.92 Å². The van der Waals surface area contributed by atoms with Crippen LogP contribution in [0.15, 0.2) is 18.3 Å². The molecule has 1 rings (SSSR count). The van der Waals surface area contributed by atoms with E-state index in [0.29, 0.717) is 12.1 Å². The van der Waals surface area contributed by atoms with Crippen LogP contribution in [0.25, 0.3) is 0 Å². The summed E-state index contributed by atoms with van der Waals surface area (Å²) < 4.78 is 0. The summed E-state index contributed by atoms with van der Waals surface area (Å²) in [4.78, 5) is 15.3. The molecule has 1 heterocycles. The number of hydrogen-bond acceptors (Lipinski definition) is 3. The standard InChI is InChI=1S/C10H11N3O/c1-2-5-12-10(14)8-3-4-9(6-11)13-7-8/h1,3-4,7H,5-6,11H2,(H,12,14). The zero-order valence-corrected chi connectivity index (χ0v) is 7.66. The molecule has 0 aliphatic carbocycles. The Bertz CT molecular complexity index is 351. The minimum absolute atomic E-state index is 0.220. The van der Waals surface area contributed by atoms with Crippen LogP contribution in [0.3, 0.4) is 0 Å². The number of nitrogens with two attached hydrogens (primary N) is 1. The van der Waals surface area contributed by atoms with E-state index in [1.807, 2.05) is 0 Å². The van der Waals surface area contributed by atoms with Crippen molar-refractivity contribution in [3.8, 4) is 12.3 Å². The van der Waals surface area contributed by atoms with E-state index in [1.165, 1.54) is 6.20 Å². The SMILES string of the molecule is C#CCNC(=O)c1ccc(CN)nc1. The Balaban J connectivity index is 2.67. The van der Waals surface area contributed by atoms with E-state index in [-0.39, 0.29) is 12.5 Å². The van der Waals surface area contributed by atoms with Crippen LogP contribution in [-0.4, -0.2) is 17.4 Å². The Morgan fingerprint density at radius 1 is 1.64 bits per heavy atom. The van der Waals surface area contributed by atoms with Crippen LogP contribution in [0.5, 0.6) is 0 Å². The number of amides is 1. The summed E-state index contributed by atoms with van der Waals surface area (Å²) >= 11 is 0. The monoisotopic (exact) mass is 189 g/mol. The van der Waals surface area contributed by atoms with E-state index in [2.05, 4.69) is 16.2 Å². The second-order valence-electron chi connectivity index (χ2n) is 2.63. The average molecular weight is 189 g/mol. The van der Waals surface area contributed by atoms with Gasteiger partial charge >= 0.3 is 0 Å². The first-order chi connectivity index (χ1) is 6.77. The number of rotatable bonds is 3. The van der Waals surface area contributed by atoms with Crippen LogP contribution in [0.4, 0.5) is 0 Å². The minimum Gasteiger partial charge on any atom is -0.341 e. The molecule has 14 heavy (non-hydrogen) atoms. The Morgan fingerprint density at radius 2 is 2.43 bits per heavy atom. The fourth-order valence-electron chi connectivity index (χ4n) is 0.913. The third kappa shape index (κ3) is 2.57. The maximum absolute atomic E-state index is 11.3. The van der Waals surface area contributed by atoms with Gasteiger partial charge < -0.3 is 11.1 Å². The van der Waals surface area contributed by atoms with Crippen LogP contribution in [0.2, 0.25) is 0 Å². The molecule has 4 heteroatoms. The predicted molar refractivity (Wildman–Crippen MR) is 53.3 cm³/mol. The minimum atomic E-state index is -0.223. The molecule has 1 aromatic heterocycles. The molecule has 0 fully saturated rings. The molecule has 0 aliphatic rings. The van der Waals surface area contributed by atoms with Crippen molar-refractivity contribution in [2.45, 2.75) is 6.54 Å². The molecule has 1 amide bonds. The van der Waals surface area contributed by atoms with Gasteiger partial charge in [0.15, 0.2) is 0 Å². The molecule has 1 aromatic rings. The van der Waals surface area contributed by atoms with E-state index in [4.69, 9.17) is 12.2 Å². The summed E-state index contributed by atoms with van der Waals surface area (Å²) in [5, 5.41) is 2.54. The lowest BCUT2D eigenvalue weighted by Gasteiger charge is -2.01. The van der Waals surface area contributed by atoms with Gasteiger partial charge in [-0.25, -0.2) is 0 Å². The van der Waals surface area contributed by atoms with Crippen molar-refractivity contribution < 1.29 is 4.79 Å². The molecule has 0 aromatic carbocycles. The first-order valence-electron chi connectivity index (χ1n) is 4.14. The zero-order chi connectivity index (χ0) is 10.4. The summed E-state index contributed by atoms with van der Waals surface area (Å²) in [5.74, 6) is 2.10. The van der Waals surface area contributed by atoms with Gasteiger partial charge in [-0.2, -0.15) is 0 Å². The maximum Gasteiger partial charge on any atom is 0.253 e. The van der Waals surface area contributed by atoms with E-state index in [1.54, 1.807) is 12.1 Å². The fraction of sp³-hybridized carbons (Fsp3) is 0.200. The van der Waals surface area contributed by atoms with Crippen molar-refractivity contribution in [1.29, 1.82) is 0 Å². The summed E-state index contributed by atoms with van der Waals surface area (Å²) in [6, 6.07) is 3.38. The van der Waals surface area contributed by atoms with Crippen molar-refractivity contribution in [2.24, 2.45) is 5.73 Å². The van der Waals surface area contributed by atoms with Crippen LogP contribution in [0, 0.1) is 12.3 Å². The molecule has 72 valence electrons. The Hall–Kier alpha value is -1.86. The van der Waals surface area contributed by atoms with E-state index in [9.17, 15) is 4.79 Å². The largest absolute Gasteiger partial charge is 0.341 e. The van der Waals surface area contributed by atoms with Crippen LogP contribution < -0.4 is 11.1 Å². The van der Waals surface area contributed by atoms with Gasteiger partial charge in [-0.15, -0.1) is 6.42 Å². The molecule has 0 saturated heterocycles. The van der Waals surface area contributed by atoms with Gasteiger partial charge in [-0.3, -0.25) is 9.78 Å². The summed E-state index contributed by atoms with van der Waals surface area (Å²) in [6.45, 7) is 0.587. The lowest BCUT2D eigenvalue weighted by atomic mass is 10.2. The lowest BCUT2D eigenvalue weighted by molar-refractivity contribution is 0.0958. The van der Waals surface area contributed by atoms with E-state index < -0.39 is 0 Å². The maximum atomic E-state index is 11.3. The zero-order valence-electron chi connectivity index (χ0n) is 7.66. The number of hydrogen-bond donors (Lipinski definition) is 2. The molecule has 0 aliphatic heterocycles. The van der Waals surface area contributed by atoms with Crippen LogP contribution in [-0.2, 0) is 6.54 Å². The highest BCUT2D eigenvalue weighted by molar-refractivity contribution is 5.93. The number of carbonyl (C=O) groups is 1. The first kappa shape index (κ1) is 10.2. The molecular weight excluding hydrogens is 178 g/mol. The average Bonchev–Trinajstić information content (AvgIpc) is 2.26. The third-order valence-corrected chi connectivity index (χ3v) is 1.65. The number of nitrogens with one attached hydrogen (secondary N) is 1. The molecule has 0 saturated carbocycles. The van der Waals surface area contributed by atoms with Crippen LogP contribution in [0.1, 0.15) is 16.1 Å². The lowest BCUT2D eigenvalue weighted by Crippen LogP contribution is -2.23. The highest BCUT2D eigenvalue weighted by Crippen LogP contribution is 1.99. The predicted octanol–water partition coefficient (Wildman–Crippen LogP) is -0.0967. The van der Waals surface area contributed by atoms with Crippen molar-refractivity contribution in [3.05, 3.63) is 29.6 Å². The van der Waals surface area contributed by atoms with Crippen molar-refractivity contribution in [3.63, 3.8) is 0 Å². The number of nitrogens with zero attached hydrogens (tertiary/aromatic N) is 1. The van der Waals surface area contributed by atoms with Crippen molar-refractivity contribution >= 4 is 5.91 Å². The summed E-state index contributed by atoms with van der Waals surface area (Å²) in [7, 11) is 0. The molecule has 0 spiro atoms. The van der Waals surface area contributed by atoms with Gasteiger partial charge in [0.2, 0.25) is 0 Å². The summed E-state index contributed by atoms with van der Waals surface area (Å²) in [6.07, 6.45) is 6.48. The fourth-order valence-corrected chi connectivity index (χ4v) is 0.913. The highest BCUT2D eigenvalue weighted by Gasteiger charge is 2.03. The Morgan fingerprint density at radius 3 is 2.93 bits per heavy atom. The third-order valence-electron chi connectivity index (χ3n) is 1.65. The van der Waals surface area contributed by atoms with E-state index in [0.717, 1.165) is 5.69 Å². The van der Waals surface area contributed by atoms with Gasteiger partial charge in [0.1, 0.15) is 0 Å². The molecule has 0 unspecified atom stereocenters. The highest BCUT2D eigenvalue weighted by atomic mass is 16.1. The van der Waals surface area contributed by atoms with Gasteiger partial charge in [-0.05, 0) is 12.1 Å².